The number of nitrogens with zero attached hydrogens (tertiary/aromatic N) is 3. The smallest absolute Gasteiger partial charge is 0.275 e. The second-order valence-corrected chi connectivity index (χ2v) is 8.50. The van der Waals surface area contributed by atoms with E-state index in [1.54, 1.807) is 20.2 Å². The van der Waals surface area contributed by atoms with E-state index >= 15 is 0 Å². The van der Waals surface area contributed by atoms with Crippen molar-refractivity contribution in [2.75, 3.05) is 12.4 Å². The van der Waals surface area contributed by atoms with Gasteiger partial charge >= 0.3 is 0 Å². The molecule has 0 aromatic carbocycles. The summed E-state index contributed by atoms with van der Waals surface area (Å²) in [7, 11) is 3.28. The molecule has 1 aliphatic rings. The van der Waals surface area contributed by atoms with E-state index in [-0.39, 0.29) is 23.8 Å². The summed E-state index contributed by atoms with van der Waals surface area (Å²) in [5.41, 5.74) is 1.54. The molecule has 2 aromatic rings. The molecule has 9 heteroatoms. The number of methoxy groups -OCH3 is 1. The van der Waals surface area contributed by atoms with Gasteiger partial charge in [-0.05, 0) is 39.2 Å². The van der Waals surface area contributed by atoms with Crippen LogP contribution in [0.4, 0.5) is 5.82 Å². The molecule has 3 N–H and O–H groups in total. The van der Waals surface area contributed by atoms with Crippen LogP contribution in [0.2, 0.25) is 0 Å². The van der Waals surface area contributed by atoms with Crippen LogP contribution in [0.25, 0.3) is 0 Å². The molecule has 9 nitrogen and oxygen atoms in total. The number of amides is 2. The Hall–Kier alpha value is -3.12. The standard InChI is InChI=1S/C22H30N6O3/c1-6-22(12-20(29)23-14(2)3)8-7-15(11-22)17-10-19(26-25-17)24-21(30)18-9-16(13-31-5)27-28(18)4/h1,9-10,14-15H,7-8,11-13H2,2-5H3,(H,23,29)(H2,24,25,26,30)/t15-,22+/m0/s1. The van der Waals surface area contributed by atoms with Crippen molar-refractivity contribution in [2.45, 2.75) is 58.1 Å². The Morgan fingerprint density at radius 2 is 2.23 bits per heavy atom. The lowest BCUT2D eigenvalue weighted by atomic mass is 9.82. The van der Waals surface area contributed by atoms with Crippen LogP contribution in [0.3, 0.4) is 0 Å². The zero-order valence-corrected chi connectivity index (χ0v) is 18.5. The van der Waals surface area contributed by atoms with E-state index in [0.717, 1.165) is 18.5 Å². The molecule has 2 aromatic heterocycles. The van der Waals surface area contributed by atoms with Crippen molar-refractivity contribution in [3.05, 3.63) is 29.2 Å². The van der Waals surface area contributed by atoms with Gasteiger partial charge in [0.15, 0.2) is 5.82 Å². The number of nitrogens with one attached hydrogen (secondary N) is 3. The first-order valence-electron chi connectivity index (χ1n) is 10.4. The quantitative estimate of drug-likeness (QED) is 0.561. The van der Waals surface area contributed by atoms with Crippen molar-refractivity contribution in [2.24, 2.45) is 12.5 Å². The molecule has 2 heterocycles. The van der Waals surface area contributed by atoms with Gasteiger partial charge in [0.05, 0.1) is 12.3 Å². The first-order valence-corrected chi connectivity index (χ1v) is 10.4. The van der Waals surface area contributed by atoms with Gasteiger partial charge in [-0.3, -0.25) is 19.4 Å². The molecular formula is C22H30N6O3. The highest BCUT2D eigenvalue weighted by atomic mass is 16.5. The Labute approximate surface area is 182 Å². The topological polar surface area (TPSA) is 114 Å². The third-order valence-electron chi connectivity index (χ3n) is 5.60. The molecule has 0 unspecified atom stereocenters. The average Bonchev–Trinajstić information content (AvgIpc) is 3.40. The van der Waals surface area contributed by atoms with Gasteiger partial charge in [-0.2, -0.15) is 10.2 Å². The normalized spacial score (nSPS) is 20.6. The molecule has 0 saturated heterocycles. The van der Waals surface area contributed by atoms with E-state index in [1.165, 1.54) is 4.68 Å². The Morgan fingerprint density at radius 3 is 2.90 bits per heavy atom. The fourth-order valence-electron chi connectivity index (χ4n) is 4.16. The highest BCUT2D eigenvalue weighted by Gasteiger charge is 2.40. The first-order chi connectivity index (χ1) is 14.7. The van der Waals surface area contributed by atoms with Crippen LogP contribution >= 0.6 is 0 Å². The monoisotopic (exact) mass is 426 g/mol. The molecule has 31 heavy (non-hydrogen) atoms. The number of carbonyl (C=O) groups excluding carboxylic acids is 2. The highest BCUT2D eigenvalue weighted by molar-refractivity contribution is 6.02. The van der Waals surface area contributed by atoms with Crippen LogP contribution in [0.15, 0.2) is 12.1 Å². The minimum absolute atomic E-state index is 0.0183. The summed E-state index contributed by atoms with van der Waals surface area (Å²) >= 11 is 0. The molecule has 0 aliphatic heterocycles. The average molecular weight is 427 g/mol. The molecule has 1 aliphatic carbocycles. The van der Waals surface area contributed by atoms with Crippen LogP contribution in [0, 0.1) is 17.8 Å². The summed E-state index contributed by atoms with van der Waals surface area (Å²) in [6.45, 7) is 4.20. The van der Waals surface area contributed by atoms with Crippen LogP contribution in [0.5, 0.6) is 0 Å². The third-order valence-corrected chi connectivity index (χ3v) is 5.60. The van der Waals surface area contributed by atoms with Gasteiger partial charge in [0.25, 0.3) is 5.91 Å². The molecule has 0 bridgehead atoms. The van der Waals surface area contributed by atoms with E-state index < -0.39 is 5.41 Å². The number of aromatic nitrogens is 4. The maximum Gasteiger partial charge on any atom is 0.275 e. The summed E-state index contributed by atoms with van der Waals surface area (Å²) in [6.07, 6.45) is 8.49. The highest BCUT2D eigenvalue weighted by Crippen LogP contribution is 2.48. The molecule has 2 amide bonds. The Bertz CT molecular complexity index is 986. The largest absolute Gasteiger partial charge is 0.378 e. The van der Waals surface area contributed by atoms with Gasteiger partial charge < -0.3 is 15.4 Å². The molecule has 1 fully saturated rings. The molecule has 166 valence electrons. The van der Waals surface area contributed by atoms with Crippen molar-refractivity contribution in [3.63, 3.8) is 0 Å². The molecule has 3 rings (SSSR count). The minimum atomic E-state index is -0.454. The number of hydrogen-bond donors (Lipinski definition) is 3. The number of H-pyrrole nitrogens is 1. The number of terminal acetylenes is 1. The summed E-state index contributed by atoms with van der Waals surface area (Å²) in [6, 6.07) is 3.60. The molecule has 0 radical (unpaired) electrons. The van der Waals surface area contributed by atoms with Gasteiger partial charge in [-0.15, -0.1) is 6.42 Å². The lowest BCUT2D eigenvalue weighted by molar-refractivity contribution is -0.123. The maximum atomic E-state index is 12.6. The number of anilines is 1. The maximum absolute atomic E-state index is 12.6. The number of aryl methyl sites for hydroxylation is 1. The van der Waals surface area contributed by atoms with Crippen LogP contribution in [0.1, 0.15) is 67.3 Å². The summed E-state index contributed by atoms with van der Waals surface area (Å²) < 4.78 is 6.57. The summed E-state index contributed by atoms with van der Waals surface area (Å²) in [4.78, 5) is 24.9. The zero-order chi connectivity index (χ0) is 22.6. The van der Waals surface area contributed by atoms with Crippen molar-refractivity contribution in [1.29, 1.82) is 0 Å². The van der Waals surface area contributed by atoms with Crippen LogP contribution < -0.4 is 10.6 Å². The van der Waals surface area contributed by atoms with Gasteiger partial charge in [-0.1, -0.05) is 5.92 Å². The van der Waals surface area contributed by atoms with Crippen molar-refractivity contribution < 1.29 is 14.3 Å². The molecule has 2 atom stereocenters. The van der Waals surface area contributed by atoms with E-state index in [1.807, 2.05) is 19.9 Å². The van der Waals surface area contributed by atoms with Gasteiger partial charge in [-0.25, -0.2) is 0 Å². The predicted molar refractivity (Wildman–Crippen MR) is 116 cm³/mol. The van der Waals surface area contributed by atoms with Gasteiger partial charge in [0.1, 0.15) is 5.69 Å². The number of hydrogen-bond acceptors (Lipinski definition) is 5. The molecule has 0 spiro atoms. The third kappa shape index (κ3) is 5.33. The Kier molecular flexibility index (Phi) is 6.81. The molecular weight excluding hydrogens is 396 g/mol. The summed E-state index contributed by atoms with van der Waals surface area (Å²) in [5.74, 6) is 3.15. The lowest BCUT2D eigenvalue weighted by Crippen LogP contribution is -2.34. The van der Waals surface area contributed by atoms with Crippen molar-refractivity contribution in [1.82, 2.24) is 25.3 Å². The van der Waals surface area contributed by atoms with E-state index in [0.29, 0.717) is 36.7 Å². The number of ether oxygens (including phenoxy) is 1. The number of aromatic amines is 1. The lowest BCUT2D eigenvalue weighted by Gasteiger charge is -2.23. The van der Waals surface area contributed by atoms with E-state index in [2.05, 4.69) is 31.9 Å². The first kappa shape index (κ1) is 22.6. The second kappa shape index (κ2) is 9.35. The van der Waals surface area contributed by atoms with Crippen LogP contribution in [-0.2, 0) is 23.2 Å². The number of rotatable bonds is 8. The number of carbonyl (C=O) groups is 2. The van der Waals surface area contributed by atoms with Gasteiger partial charge in [0.2, 0.25) is 5.91 Å². The molecule has 1 saturated carbocycles. The predicted octanol–water partition coefficient (Wildman–Crippen LogP) is 2.34. The van der Waals surface area contributed by atoms with Crippen molar-refractivity contribution >= 4 is 17.6 Å². The SMILES string of the molecule is C#C[C@@]1(CC(=O)NC(C)C)CC[C@H](c2cc(NC(=O)c3cc(COC)nn3C)n[nH]2)C1. The second-order valence-electron chi connectivity index (χ2n) is 8.50. The van der Waals surface area contributed by atoms with E-state index in [9.17, 15) is 9.59 Å². The van der Waals surface area contributed by atoms with Crippen LogP contribution in [-0.4, -0.2) is 44.9 Å². The fourth-order valence-corrected chi connectivity index (χ4v) is 4.16. The van der Waals surface area contributed by atoms with E-state index in [4.69, 9.17) is 11.2 Å². The van der Waals surface area contributed by atoms with Crippen molar-refractivity contribution in [3.8, 4) is 12.3 Å². The Morgan fingerprint density at radius 1 is 1.45 bits per heavy atom. The Balaban J connectivity index is 1.64. The fraction of sp³-hybridized carbons (Fsp3) is 0.545. The minimum Gasteiger partial charge on any atom is -0.378 e. The zero-order valence-electron chi connectivity index (χ0n) is 18.5. The summed E-state index contributed by atoms with van der Waals surface area (Å²) in [5, 5.41) is 17.2. The van der Waals surface area contributed by atoms with Gasteiger partial charge in [0, 0.05) is 49.7 Å².